The van der Waals surface area contributed by atoms with Gasteiger partial charge in [-0.3, -0.25) is 9.36 Å². The van der Waals surface area contributed by atoms with E-state index in [9.17, 15) is 18.8 Å². The number of urea groups is 1. The van der Waals surface area contributed by atoms with Gasteiger partial charge >= 0.3 is 12.1 Å². The van der Waals surface area contributed by atoms with E-state index in [4.69, 9.17) is 23.1 Å². The molecule has 1 saturated heterocycles. The standard InChI is InChI=1S/C23H23ClFN5O3/c24-16-6-3-4-13(21(16)25)8-9-20(31)19-10-14(26)11-30(19)23(33)28-17-12-29(22(27)32)18-7-2-1-5-15(17)18/h1-7,12,14,19H,8-11,26H2,(H2,27,32)(H,28,33)/t14-,19-/m0/s1. The molecule has 1 aromatic heterocycles. The Kier molecular flexibility index (Phi) is 6.35. The average molecular weight is 472 g/mol. The molecule has 0 saturated carbocycles. The number of halogens is 2. The highest BCUT2D eigenvalue weighted by Gasteiger charge is 2.38. The minimum absolute atomic E-state index is 0.000957. The Hall–Kier alpha value is -3.43. The van der Waals surface area contributed by atoms with Crippen molar-refractivity contribution in [2.24, 2.45) is 11.5 Å². The molecule has 0 unspecified atom stereocenters. The van der Waals surface area contributed by atoms with Crippen molar-refractivity contribution in [2.45, 2.75) is 31.3 Å². The molecule has 4 rings (SSSR count). The Morgan fingerprint density at radius 3 is 2.67 bits per heavy atom. The summed E-state index contributed by atoms with van der Waals surface area (Å²) in [6.45, 7) is 0.197. The Morgan fingerprint density at radius 2 is 1.91 bits per heavy atom. The fourth-order valence-electron chi connectivity index (χ4n) is 4.21. The first-order valence-corrected chi connectivity index (χ1v) is 10.8. The number of aromatic nitrogens is 1. The molecule has 5 N–H and O–H groups in total. The van der Waals surface area contributed by atoms with Crippen LogP contribution in [0.4, 0.5) is 19.7 Å². The number of nitrogens with zero attached hydrogens (tertiary/aromatic N) is 2. The predicted molar refractivity (Wildman–Crippen MR) is 124 cm³/mol. The highest BCUT2D eigenvalue weighted by atomic mass is 35.5. The van der Waals surface area contributed by atoms with Gasteiger partial charge in [-0.1, -0.05) is 41.9 Å². The van der Waals surface area contributed by atoms with Crippen molar-refractivity contribution < 1.29 is 18.8 Å². The fraction of sp³-hybridized carbons (Fsp3) is 0.261. The van der Waals surface area contributed by atoms with Gasteiger partial charge in [0.05, 0.1) is 22.3 Å². The summed E-state index contributed by atoms with van der Waals surface area (Å²) in [5, 5.41) is 3.40. The molecule has 1 aliphatic rings. The number of nitrogens with two attached hydrogens (primary N) is 2. The van der Waals surface area contributed by atoms with Gasteiger partial charge in [0.1, 0.15) is 5.82 Å². The maximum atomic E-state index is 14.2. The maximum Gasteiger partial charge on any atom is 0.323 e. The van der Waals surface area contributed by atoms with E-state index < -0.39 is 23.9 Å². The van der Waals surface area contributed by atoms with E-state index in [0.29, 0.717) is 28.6 Å². The molecule has 0 aliphatic carbocycles. The number of likely N-dealkylation sites (tertiary alicyclic amines) is 1. The third-order valence-electron chi connectivity index (χ3n) is 5.83. The lowest BCUT2D eigenvalue weighted by Gasteiger charge is -2.24. The minimum atomic E-state index is -0.730. The summed E-state index contributed by atoms with van der Waals surface area (Å²) in [6, 6.07) is 9.35. The van der Waals surface area contributed by atoms with Crippen LogP contribution in [0.2, 0.25) is 5.02 Å². The summed E-state index contributed by atoms with van der Waals surface area (Å²) in [5.41, 5.74) is 12.8. The number of hydrogen-bond acceptors (Lipinski definition) is 4. The molecule has 33 heavy (non-hydrogen) atoms. The summed E-state index contributed by atoms with van der Waals surface area (Å²) in [6.07, 6.45) is 1.96. The number of Topliss-reactive ketones (excluding diaryl/α,β-unsaturated/α-hetero) is 1. The number of aryl methyl sites for hydroxylation is 1. The molecule has 2 atom stereocenters. The molecule has 3 amide bonds. The van der Waals surface area contributed by atoms with Crippen LogP contribution in [-0.2, 0) is 11.2 Å². The lowest BCUT2D eigenvalue weighted by molar-refractivity contribution is -0.122. The second kappa shape index (κ2) is 9.21. The number of hydrogen-bond donors (Lipinski definition) is 3. The van der Waals surface area contributed by atoms with Crippen molar-refractivity contribution in [3.8, 4) is 0 Å². The molecular formula is C23H23ClFN5O3. The number of ketones is 1. The Morgan fingerprint density at radius 1 is 1.15 bits per heavy atom. The van der Waals surface area contributed by atoms with Crippen LogP contribution in [0.15, 0.2) is 48.7 Å². The van der Waals surface area contributed by atoms with Gasteiger partial charge in [-0.25, -0.2) is 14.0 Å². The topological polar surface area (TPSA) is 123 Å². The van der Waals surface area contributed by atoms with Crippen molar-refractivity contribution in [3.05, 3.63) is 65.1 Å². The number of anilines is 1. The average Bonchev–Trinajstić information content (AvgIpc) is 3.36. The van der Waals surface area contributed by atoms with Crippen LogP contribution in [0.1, 0.15) is 18.4 Å². The van der Waals surface area contributed by atoms with Gasteiger partial charge in [-0.05, 0) is 30.5 Å². The number of nitrogens with one attached hydrogen (secondary N) is 1. The van der Waals surface area contributed by atoms with E-state index in [2.05, 4.69) is 5.32 Å². The maximum absolute atomic E-state index is 14.2. The molecule has 172 valence electrons. The monoisotopic (exact) mass is 471 g/mol. The van der Waals surface area contributed by atoms with E-state index in [1.165, 1.54) is 21.7 Å². The molecule has 3 aromatic rings. The number of fused-ring (bicyclic) bond motifs is 1. The quantitative estimate of drug-likeness (QED) is 0.526. The zero-order valence-electron chi connectivity index (χ0n) is 17.6. The van der Waals surface area contributed by atoms with E-state index in [0.717, 1.165) is 0 Å². The normalized spacial score (nSPS) is 18.0. The lowest BCUT2D eigenvalue weighted by Crippen LogP contribution is -2.43. The minimum Gasteiger partial charge on any atom is -0.351 e. The summed E-state index contributed by atoms with van der Waals surface area (Å²) < 4.78 is 15.4. The van der Waals surface area contributed by atoms with Crippen molar-refractivity contribution in [1.82, 2.24) is 9.47 Å². The van der Waals surface area contributed by atoms with Gasteiger partial charge in [-0.2, -0.15) is 0 Å². The summed E-state index contributed by atoms with van der Waals surface area (Å²) >= 11 is 5.81. The van der Waals surface area contributed by atoms with Crippen LogP contribution in [-0.4, -0.2) is 45.9 Å². The molecular weight excluding hydrogens is 449 g/mol. The zero-order valence-corrected chi connectivity index (χ0v) is 18.4. The zero-order chi connectivity index (χ0) is 23.7. The number of benzene rings is 2. The molecule has 0 bridgehead atoms. The van der Waals surface area contributed by atoms with E-state index in [-0.39, 0.29) is 36.2 Å². The Balaban J connectivity index is 1.50. The molecule has 2 aromatic carbocycles. The smallest absolute Gasteiger partial charge is 0.323 e. The first-order valence-electron chi connectivity index (χ1n) is 10.4. The van der Waals surface area contributed by atoms with Crippen molar-refractivity contribution >= 4 is 46.0 Å². The number of carbonyl (C=O) groups is 3. The third-order valence-corrected chi connectivity index (χ3v) is 6.12. The van der Waals surface area contributed by atoms with Crippen molar-refractivity contribution in [1.29, 1.82) is 0 Å². The number of carbonyl (C=O) groups excluding carboxylic acids is 3. The fourth-order valence-corrected chi connectivity index (χ4v) is 4.41. The number of para-hydroxylation sites is 1. The molecule has 8 nitrogen and oxygen atoms in total. The van der Waals surface area contributed by atoms with Crippen LogP contribution in [0.5, 0.6) is 0 Å². The number of amides is 3. The number of rotatable bonds is 5. The first kappa shape index (κ1) is 22.8. The van der Waals surface area contributed by atoms with Gasteiger partial charge < -0.3 is 21.7 Å². The SMILES string of the molecule is NC(=O)n1cc(NC(=O)N2C[C@@H](N)C[C@H]2C(=O)CCc2cccc(Cl)c2F)c2ccccc21. The molecule has 1 fully saturated rings. The lowest BCUT2D eigenvalue weighted by atomic mass is 10.0. The second-order valence-electron chi connectivity index (χ2n) is 8.04. The van der Waals surface area contributed by atoms with E-state index in [1.54, 1.807) is 36.4 Å². The predicted octanol–water partition coefficient (Wildman–Crippen LogP) is 3.50. The summed E-state index contributed by atoms with van der Waals surface area (Å²) in [7, 11) is 0. The van der Waals surface area contributed by atoms with Crippen molar-refractivity contribution in [2.75, 3.05) is 11.9 Å². The van der Waals surface area contributed by atoms with E-state index >= 15 is 0 Å². The number of primary amides is 1. The highest BCUT2D eigenvalue weighted by Crippen LogP contribution is 2.28. The first-order chi connectivity index (χ1) is 15.8. The van der Waals surface area contributed by atoms with E-state index in [1.807, 2.05) is 0 Å². The van der Waals surface area contributed by atoms with Gasteiger partial charge in [-0.15, -0.1) is 0 Å². The summed E-state index contributed by atoms with van der Waals surface area (Å²) in [4.78, 5) is 39.2. The largest absolute Gasteiger partial charge is 0.351 e. The Bertz CT molecular complexity index is 1240. The van der Waals surface area contributed by atoms with Crippen molar-refractivity contribution in [3.63, 3.8) is 0 Å². The van der Waals surface area contributed by atoms with Gasteiger partial charge in [0.2, 0.25) is 0 Å². The van der Waals surface area contributed by atoms with Gasteiger partial charge in [0, 0.05) is 30.6 Å². The summed E-state index contributed by atoms with van der Waals surface area (Å²) in [5.74, 6) is -0.757. The molecule has 0 radical (unpaired) electrons. The molecule has 0 spiro atoms. The van der Waals surface area contributed by atoms with Crippen LogP contribution >= 0.6 is 11.6 Å². The Labute approximate surface area is 194 Å². The van der Waals surface area contributed by atoms with Crippen LogP contribution in [0.25, 0.3) is 10.9 Å². The second-order valence-corrected chi connectivity index (χ2v) is 8.45. The highest BCUT2D eigenvalue weighted by molar-refractivity contribution is 6.30. The molecule has 10 heteroatoms. The van der Waals surface area contributed by atoms with Gasteiger partial charge in [0.15, 0.2) is 5.78 Å². The third kappa shape index (κ3) is 4.55. The van der Waals surface area contributed by atoms with Crippen LogP contribution in [0.3, 0.4) is 0 Å². The molecule has 2 heterocycles. The van der Waals surface area contributed by atoms with Gasteiger partial charge in [0.25, 0.3) is 0 Å². The molecule has 1 aliphatic heterocycles. The van der Waals surface area contributed by atoms with Crippen LogP contribution in [0, 0.1) is 5.82 Å². The van der Waals surface area contributed by atoms with Crippen LogP contribution < -0.4 is 16.8 Å².